The summed E-state index contributed by atoms with van der Waals surface area (Å²) in [6, 6.07) is 9.76. The molecule has 0 fully saturated rings. The normalized spacial score (nSPS) is 9.50. The van der Waals surface area contributed by atoms with E-state index >= 15 is 0 Å². The first-order valence-corrected chi connectivity index (χ1v) is 4.30. The Labute approximate surface area is 99.4 Å². The molecule has 1 radical (unpaired) electrons. The molecule has 5 heteroatoms. The van der Waals surface area contributed by atoms with Gasteiger partial charge in [0.1, 0.15) is 0 Å². The smallest absolute Gasteiger partial charge is 0.186 e. The van der Waals surface area contributed by atoms with Gasteiger partial charge < -0.3 is 10.5 Å². The first kappa shape index (κ1) is 13.3. The van der Waals surface area contributed by atoms with E-state index in [0.717, 1.165) is 5.56 Å². The van der Waals surface area contributed by atoms with Gasteiger partial charge in [0.15, 0.2) is 17.3 Å². The van der Waals surface area contributed by atoms with Crippen LogP contribution in [0.25, 0.3) is 5.43 Å². The number of nitrogens with one attached hydrogen (secondary N) is 1. The van der Waals surface area contributed by atoms with Crippen LogP contribution >= 0.6 is 0 Å². The van der Waals surface area contributed by atoms with Gasteiger partial charge in [-0.1, -0.05) is 30.3 Å². The predicted octanol–water partition coefficient (Wildman–Crippen LogP) is 0.978. The van der Waals surface area contributed by atoms with E-state index in [4.69, 9.17) is 0 Å². The molecule has 1 aromatic rings. The van der Waals surface area contributed by atoms with Gasteiger partial charge in [-0.05, 0) is 12.6 Å². The SMILES string of the molecule is CNC(=[SH+])[N-]N=Cc1ccccc1.[Cu]. The molecule has 0 aliphatic heterocycles. The standard InChI is InChI=1S/C9H11N3S.Cu/c1-10-9(13)12-11-7-8-5-3-2-4-6-8;/h2-7H,1H3,(H2,10,12,13);. The van der Waals surface area contributed by atoms with Crippen LogP contribution in [0, 0.1) is 0 Å². The van der Waals surface area contributed by atoms with Crippen molar-refractivity contribution in [1.29, 1.82) is 0 Å². The Hall–Kier alpha value is -0.741. The van der Waals surface area contributed by atoms with Crippen LogP contribution in [-0.2, 0) is 29.3 Å². The number of hydrogen-bond acceptors (Lipinski definition) is 1. The molecule has 1 aromatic carbocycles. The Morgan fingerprint density at radius 1 is 1.43 bits per heavy atom. The molecule has 1 N–H and O–H groups in total. The van der Waals surface area contributed by atoms with E-state index in [1.54, 1.807) is 13.3 Å². The minimum atomic E-state index is 0. The summed E-state index contributed by atoms with van der Waals surface area (Å²) in [5, 5.41) is 7.08. The van der Waals surface area contributed by atoms with Gasteiger partial charge in [-0.15, -0.1) is 0 Å². The molecule has 0 saturated carbocycles. The van der Waals surface area contributed by atoms with Crippen molar-refractivity contribution in [3.8, 4) is 0 Å². The van der Waals surface area contributed by atoms with Gasteiger partial charge in [0.2, 0.25) is 0 Å². The average Bonchev–Trinajstić information content (AvgIpc) is 2.19. The van der Waals surface area contributed by atoms with E-state index in [0.29, 0.717) is 5.11 Å². The Bertz CT molecular complexity index is 300. The maximum Gasteiger partial charge on any atom is 0.186 e. The van der Waals surface area contributed by atoms with E-state index < -0.39 is 0 Å². The Morgan fingerprint density at radius 2 is 2.07 bits per heavy atom. The van der Waals surface area contributed by atoms with E-state index in [1.807, 2.05) is 30.3 Å². The van der Waals surface area contributed by atoms with E-state index in [-0.39, 0.29) is 17.1 Å². The molecule has 0 spiro atoms. The topological polar surface area (TPSA) is 38.5 Å². The summed E-state index contributed by atoms with van der Waals surface area (Å²) in [6.07, 6.45) is 1.67. The second kappa shape index (κ2) is 7.64. The van der Waals surface area contributed by atoms with Gasteiger partial charge in [0.05, 0.1) is 0 Å². The first-order chi connectivity index (χ1) is 6.33. The van der Waals surface area contributed by atoms with Crippen molar-refractivity contribution >= 4 is 23.5 Å². The molecule has 0 bridgehead atoms. The Morgan fingerprint density at radius 3 is 2.64 bits per heavy atom. The predicted molar refractivity (Wildman–Crippen MR) is 60.2 cm³/mol. The number of nitrogens with zero attached hydrogens (tertiary/aromatic N) is 2. The molecule has 0 heterocycles. The van der Waals surface area contributed by atoms with Crippen molar-refractivity contribution in [1.82, 2.24) is 5.32 Å². The molecular formula is C9H11CuN3S. The average molecular weight is 257 g/mol. The van der Waals surface area contributed by atoms with Crippen molar-refractivity contribution in [2.75, 3.05) is 7.05 Å². The molecule has 3 nitrogen and oxygen atoms in total. The maximum atomic E-state index is 4.00. The van der Waals surface area contributed by atoms with Crippen molar-refractivity contribution in [3.63, 3.8) is 0 Å². The fourth-order valence-corrected chi connectivity index (χ4v) is 0.791. The van der Waals surface area contributed by atoms with Gasteiger partial charge in [0.25, 0.3) is 0 Å². The van der Waals surface area contributed by atoms with Gasteiger partial charge >= 0.3 is 0 Å². The summed E-state index contributed by atoms with van der Waals surface area (Å²) in [5.74, 6) is 0. The van der Waals surface area contributed by atoms with Crippen LogP contribution in [0.15, 0.2) is 35.4 Å². The fraction of sp³-hybridized carbons (Fsp3) is 0.111. The summed E-state index contributed by atoms with van der Waals surface area (Å²) in [5.41, 5.74) is 4.79. The van der Waals surface area contributed by atoms with Gasteiger partial charge in [-0.3, -0.25) is 5.32 Å². The fourth-order valence-electron chi connectivity index (χ4n) is 0.739. The molecule has 0 aliphatic carbocycles. The van der Waals surface area contributed by atoms with Crippen LogP contribution in [0.5, 0.6) is 0 Å². The van der Waals surface area contributed by atoms with Crippen LogP contribution in [-0.4, -0.2) is 18.4 Å². The molecule has 0 unspecified atom stereocenters. The minimum Gasteiger partial charge on any atom is -0.515 e. The molecular weight excluding hydrogens is 246 g/mol. The van der Waals surface area contributed by atoms with Crippen LogP contribution in [0.1, 0.15) is 5.56 Å². The van der Waals surface area contributed by atoms with Gasteiger partial charge in [-0.25, -0.2) is 0 Å². The number of hydrogen-bond donors (Lipinski definition) is 1. The molecule has 0 atom stereocenters. The van der Waals surface area contributed by atoms with E-state index in [9.17, 15) is 0 Å². The largest absolute Gasteiger partial charge is 0.515 e. The Kier molecular flexibility index (Phi) is 7.24. The van der Waals surface area contributed by atoms with Crippen LogP contribution in [0.4, 0.5) is 0 Å². The molecule has 0 saturated heterocycles. The van der Waals surface area contributed by atoms with Crippen LogP contribution < -0.4 is 5.32 Å². The molecule has 1 rings (SSSR count). The summed E-state index contributed by atoms with van der Waals surface area (Å²) < 4.78 is 0. The number of thiol groups is 1. The summed E-state index contributed by atoms with van der Waals surface area (Å²) >= 11 is 4.00. The zero-order valence-corrected chi connectivity index (χ0v) is 9.44. The number of rotatable bonds is 2. The first-order valence-electron chi connectivity index (χ1n) is 3.85. The van der Waals surface area contributed by atoms with Gasteiger partial charge in [-0.2, -0.15) is 0 Å². The van der Waals surface area contributed by atoms with E-state index in [1.165, 1.54) is 0 Å². The molecule has 79 valence electrons. The third-order valence-corrected chi connectivity index (χ3v) is 1.70. The van der Waals surface area contributed by atoms with Crippen LogP contribution in [0.2, 0.25) is 0 Å². The van der Waals surface area contributed by atoms with E-state index in [2.05, 4.69) is 28.1 Å². The quantitative estimate of drug-likeness (QED) is 0.210. The van der Waals surface area contributed by atoms with Crippen molar-refractivity contribution in [2.24, 2.45) is 5.10 Å². The zero-order valence-electron chi connectivity index (χ0n) is 7.61. The molecule has 0 aromatic heterocycles. The third-order valence-electron chi connectivity index (χ3n) is 1.38. The van der Waals surface area contributed by atoms with Crippen molar-refractivity contribution in [2.45, 2.75) is 0 Å². The van der Waals surface area contributed by atoms with Crippen molar-refractivity contribution in [3.05, 3.63) is 41.3 Å². The second-order valence-electron chi connectivity index (χ2n) is 2.33. The molecule has 14 heavy (non-hydrogen) atoms. The number of benzene rings is 1. The summed E-state index contributed by atoms with van der Waals surface area (Å²) in [4.78, 5) is 0. The monoisotopic (exact) mass is 256 g/mol. The Balaban J connectivity index is 0.00000169. The van der Waals surface area contributed by atoms with Gasteiger partial charge in [0, 0.05) is 23.3 Å². The minimum absolute atomic E-state index is 0. The third kappa shape index (κ3) is 5.09. The second-order valence-corrected chi connectivity index (χ2v) is 2.75. The molecule has 0 amide bonds. The van der Waals surface area contributed by atoms with Crippen LogP contribution in [0.3, 0.4) is 0 Å². The molecule has 0 aliphatic rings. The zero-order chi connectivity index (χ0) is 9.52. The van der Waals surface area contributed by atoms with Crippen molar-refractivity contribution < 1.29 is 17.1 Å². The summed E-state index contributed by atoms with van der Waals surface area (Å²) in [6.45, 7) is 0. The summed E-state index contributed by atoms with van der Waals surface area (Å²) in [7, 11) is 1.74. The maximum absolute atomic E-state index is 4.00.